The van der Waals surface area contributed by atoms with Crippen molar-refractivity contribution in [1.29, 1.82) is 0 Å². The van der Waals surface area contributed by atoms with Crippen LogP contribution in [-0.2, 0) is 0 Å². The molecule has 136 valence electrons. The molecule has 0 spiro atoms. The third kappa shape index (κ3) is 6.59. The van der Waals surface area contributed by atoms with Crippen LogP contribution < -0.4 is 10.6 Å². The molecule has 1 saturated heterocycles. The number of rotatable bonds is 5. The van der Waals surface area contributed by atoms with E-state index in [2.05, 4.69) is 71.6 Å². The average Bonchev–Trinajstić information content (AvgIpc) is 2.56. The van der Waals surface area contributed by atoms with Crippen LogP contribution in [0.2, 0.25) is 0 Å². The molecule has 1 aliphatic rings. The number of hydrogen-bond donors (Lipinski definition) is 2. The van der Waals surface area contributed by atoms with Gasteiger partial charge in [-0.3, -0.25) is 9.89 Å². The van der Waals surface area contributed by atoms with Gasteiger partial charge in [0.1, 0.15) is 0 Å². The standard InChI is InChI=1S/C19H32N4.HI/c1-15(2)22-19(20-4)21-14-18(17-8-6-5-7-9-17)23-12-10-16(3)11-13-23;/h5-9,15-16,18H,10-14H2,1-4H3,(H2,20,21,22);1H. The second-order valence-corrected chi connectivity index (χ2v) is 6.90. The molecule has 1 aromatic rings. The first-order chi connectivity index (χ1) is 11.1. The van der Waals surface area contributed by atoms with Gasteiger partial charge in [0.2, 0.25) is 0 Å². The summed E-state index contributed by atoms with van der Waals surface area (Å²) in [5.74, 6) is 1.73. The maximum atomic E-state index is 4.33. The van der Waals surface area contributed by atoms with Gasteiger partial charge in [0.25, 0.3) is 0 Å². The van der Waals surface area contributed by atoms with Crippen molar-refractivity contribution < 1.29 is 0 Å². The van der Waals surface area contributed by atoms with Crippen LogP contribution >= 0.6 is 24.0 Å². The van der Waals surface area contributed by atoms with Crippen LogP contribution in [0.3, 0.4) is 0 Å². The first kappa shape index (κ1) is 21.2. The SMILES string of the molecule is CN=C(NCC(c1ccccc1)N1CCC(C)CC1)NC(C)C.I. The predicted molar refractivity (Wildman–Crippen MR) is 114 cm³/mol. The highest BCUT2D eigenvalue weighted by atomic mass is 127. The molecule has 1 aromatic carbocycles. The lowest BCUT2D eigenvalue weighted by atomic mass is 9.95. The van der Waals surface area contributed by atoms with Crippen LogP contribution in [0.5, 0.6) is 0 Å². The van der Waals surface area contributed by atoms with E-state index in [1.807, 2.05) is 7.05 Å². The quantitative estimate of drug-likeness (QED) is 0.414. The predicted octanol–water partition coefficient (Wildman–Crippen LogP) is 3.65. The molecule has 4 nitrogen and oxygen atoms in total. The van der Waals surface area contributed by atoms with E-state index in [4.69, 9.17) is 0 Å². The number of benzene rings is 1. The molecule has 1 fully saturated rings. The van der Waals surface area contributed by atoms with Crippen LogP contribution in [0, 0.1) is 5.92 Å². The molecule has 24 heavy (non-hydrogen) atoms. The molecule has 0 aromatic heterocycles. The maximum absolute atomic E-state index is 4.33. The molecule has 0 bridgehead atoms. The Morgan fingerprint density at radius 2 is 1.83 bits per heavy atom. The number of hydrogen-bond acceptors (Lipinski definition) is 2. The number of guanidine groups is 1. The minimum absolute atomic E-state index is 0. The molecule has 2 rings (SSSR count). The zero-order chi connectivity index (χ0) is 16.7. The van der Waals surface area contributed by atoms with Gasteiger partial charge >= 0.3 is 0 Å². The minimum atomic E-state index is 0. The highest BCUT2D eigenvalue weighted by Gasteiger charge is 2.24. The van der Waals surface area contributed by atoms with Gasteiger partial charge in [-0.05, 0) is 51.3 Å². The lowest BCUT2D eigenvalue weighted by Gasteiger charge is -2.37. The first-order valence-corrected chi connectivity index (χ1v) is 8.86. The summed E-state index contributed by atoms with van der Waals surface area (Å²) in [5, 5.41) is 6.87. The molecule has 0 saturated carbocycles. The van der Waals surface area contributed by atoms with Crippen LogP contribution in [0.1, 0.15) is 45.2 Å². The molecule has 1 heterocycles. The van der Waals surface area contributed by atoms with Crippen molar-refractivity contribution in [2.75, 3.05) is 26.7 Å². The van der Waals surface area contributed by atoms with E-state index >= 15 is 0 Å². The Hall–Kier alpha value is -0.820. The molecule has 2 N–H and O–H groups in total. The summed E-state index contributed by atoms with van der Waals surface area (Å²) in [6.07, 6.45) is 2.59. The number of likely N-dealkylation sites (tertiary alicyclic amines) is 1. The fraction of sp³-hybridized carbons (Fsp3) is 0.632. The minimum Gasteiger partial charge on any atom is -0.354 e. The lowest BCUT2D eigenvalue weighted by molar-refractivity contribution is 0.138. The Labute approximate surface area is 164 Å². The fourth-order valence-corrected chi connectivity index (χ4v) is 3.13. The van der Waals surface area contributed by atoms with Gasteiger partial charge in [-0.2, -0.15) is 0 Å². The Morgan fingerprint density at radius 3 is 2.38 bits per heavy atom. The number of halogens is 1. The van der Waals surface area contributed by atoms with E-state index < -0.39 is 0 Å². The van der Waals surface area contributed by atoms with E-state index in [0.717, 1.165) is 18.4 Å². The van der Waals surface area contributed by atoms with Crippen LogP contribution in [-0.4, -0.2) is 43.6 Å². The first-order valence-electron chi connectivity index (χ1n) is 8.86. The van der Waals surface area contributed by atoms with Gasteiger partial charge in [0.05, 0.1) is 6.04 Å². The second-order valence-electron chi connectivity index (χ2n) is 6.90. The van der Waals surface area contributed by atoms with Crippen LogP contribution in [0.25, 0.3) is 0 Å². The molecule has 1 aliphatic heterocycles. The van der Waals surface area contributed by atoms with Crippen molar-refractivity contribution in [3.63, 3.8) is 0 Å². The number of nitrogens with one attached hydrogen (secondary N) is 2. The molecule has 1 unspecified atom stereocenters. The number of aliphatic imine (C=N–C) groups is 1. The number of piperidine rings is 1. The van der Waals surface area contributed by atoms with E-state index in [9.17, 15) is 0 Å². The zero-order valence-corrected chi connectivity index (χ0v) is 17.8. The zero-order valence-electron chi connectivity index (χ0n) is 15.5. The van der Waals surface area contributed by atoms with Crippen molar-refractivity contribution in [3.05, 3.63) is 35.9 Å². The molecular formula is C19H33IN4. The summed E-state index contributed by atoms with van der Waals surface area (Å²) in [5.41, 5.74) is 1.38. The van der Waals surface area contributed by atoms with Gasteiger partial charge in [-0.1, -0.05) is 37.3 Å². The van der Waals surface area contributed by atoms with E-state index in [0.29, 0.717) is 12.1 Å². The molecule has 0 radical (unpaired) electrons. The molecule has 0 aliphatic carbocycles. The Morgan fingerprint density at radius 1 is 1.21 bits per heavy atom. The molecule has 0 amide bonds. The third-order valence-corrected chi connectivity index (χ3v) is 4.56. The van der Waals surface area contributed by atoms with Gasteiger partial charge in [-0.25, -0.2) is 0 Å². The van der Waals surface area contributed by atoms with Crippen molar-refractivity contribution in [2.24, 2.45) is 10.9 Å². The Bertz CT molecular complexity index is 481. The summed E-state index contributed by atoms with van der Waals surface area (Å²) in [7, 11) is 1.83. The normalized spacial score (nSPS) is 18.1. The summed E-state index contributed by atoms with van der Waals surface area (Å²) >= 11 is 0. The smallest absolute Gasteiger partial charge is 0.191 e. The Kier molecular flexibility index (Phi) is 9.66. The summed E-state index contributed by atoms with van der Waals surface area (Å²) in [6.45, 7) is 9.87. The van der Waals surface area contributed by atoms with Gasteiger partial charge in [0.15, 0.2) is 5.96 Å². The van der Waals surface area contributed by atoms with Crippen LogP contribution in [0.4, 0.5) is 0 Å². The van der Waals surface area contributed by atoms with Crippen molar-refractivity contribution in [1.82, 2.24) is 15.5 Å². The molecular weight excluding hydrogens is 411 g/mol. The third-order valence-electron chi connectivity index (χ3n) is 4.56. The summed E-state index contributed by atoms with van der Waals surface area (Å²) < 4.78 is 0. The fourth-order valence-electron chi connectivity index (χ4n) is 3.13. The van der Waals surface area contributed by atoms with Gasteiger partial charge in [0, 0.05) is 19.6 Å². The van der Waals surface area contributed by atoms with Gasteiger partial charge < -0.3 is 10.6 Å². The second kappa shape index (κ2) is 10.9. The van der Waals surface area contributed by atoms with Crippen molar-refractivity contribution in [2.45, 2.75) is 45.7 Å². The van der Waals surface area contributed by atoms with E-state index in [1.54, 1.807) is 0 Å². The average molecular weight is 444 g/mol. The summed E-state index contributed by atoms with van der Waals surface area (Å²) in [4.78, 5) is 6.94. The molecule has 1 atom stereocenters. The Balaban J connectivity index is 0.00000288. The van der Waals surface area contributed by atoms with Gasteiger partial charge in [-0.15, -0.1) is 24.0 Å². The topological polar surface area (TPSA) is 39.7 Å². The van der Waals surface area contributed by atoms with Crippen molar-refractivity contribution in [3.8, 4) is 0 Å². The number of nitrogens with zero attached hydrogens (tertiary/aromatic N) is 2. The molecule has 5 heteroatoms. The van der Waals surface area contributed by atoms with Crippen LogP contribution in [0.15, 0.2) is 35.3 Å². The van der Waals surface area contributed by atoms with Crippen molar-refractivity contribution >= 4 is 29.9 Å². The summed E-state index contributed by atoms with van der Waals surface area (Å²) in [6, 6.07) is 11.6. The maximum Gasteiger partial charge on any atom is 0.191 e. The monoisotopic (exact) mass is 444 g/mol. The van der Waals surface area contributed by atoms with E-state index in [-0.39, 0.29) is 24.0 Å². The highest BCUT2D eigenvalue weighted by molar-refractivity contribution is 14.0. The highest BCUT2D eigenvalue weighted by Crippen LogP contribution is 2.26. The van der Waals surface area contributed by atoms with E-state index in [1.165, 1.54) is 31.5 Å². The largest absolute Gasteiger partial charge is 0.354 e. The lowest BCUT2D eigenvalue weighted by Crippen LogP contribution is -2.46.